The Bertz CT molecular complexity index is 386. The highest BCUT2D eigenvalue weighted by Gasteiger charge is 2.26. The first-order valence-corrected chi connectivity index (χ1v) is 6.55. The third-order valence-electron chi connectivity index (χ3n) is 3.61. The zero-order chi connectivity index (χ0) is 12.3. The molecule has 0 aromatic heterocycles. The summed E-state index contributed by atoms with van der Waals surface area (Å²) >= 11 is 5.96. The number of ether oxygens (including phenoxy) is 1. The van der Waals surface area contributed by atoms with Gasteiger partial charge in [-0.25, -0.2) is 0 Å². The maximum Gasteiger partial charge on any atom is 0.0483 e. The summed E-state index contributed by atoms with van der Waals surface area (Å²) in [5.41, 5.74) is 2.78. The van der Waals surface area contributed by atoms with Crippen LogP contribution in [0.5, 0.6) is 0 Å². The van der Waals surface area contributed by atoms with Gasteiger partial charge in [-0.3, -0.25) is 0 Å². The number of hydrogen-bond donors (Lipinski definition) is 1. The molecule has 17 heavy (non-hydrogen) atoms. The summed E-state index contributed by atoms with van der Waals surface area (Å²) in [5.74, 6) is 0. The van der Waals surface area contributed by atoms with Crippen molar-refractivity contribution in [3.8, 4) is 0 Å². The Hall–Kier alpha value is -0.570. The van der Waals surface area contributed by atoms with Crippen LogP contribution >= 0.6 is 11.6 Å². The molecule has 0 aliphatic carbocycles. The Balaban J connectivity index is 1.97. The van der Waals surface area contributed by atoms with E-state index in [1.165, 1.54) is 11.1 Å². The van der Waals surface area contributed by atoms with Gasteiger partial charge in [0, 0.05) is 30.3 Å². The predicted octanol–water partition coefficient (Wildman–Crippen LogP) is 3.31. The van der Waals surface area contributed by atoms with Crippen molar-refractivity contribution in [2.75, 3.05) is 13.2 Å². The second-order valence-electron chi connectivity index (χ2n) is 5.10. The third-order valence-corrected chi connectivity index (χ3v) is 3.84. The Morgan fingerprint density at radius 3 is 2.71 bits per heavy atom. The van der Waals surface area contributed by atoms with Crippen molar-refractivity contribution < 1.29 is 4.74 Å². The fourth-order valence-electron chi connectivity index (χ4n) is 2.16. The number of benzene rings is 1. The highest BCUT2D eigenvalue weighted by molar-refractivity contribution is 6.30. The first kappa shape index (κ1) is 12.9. The first-order chi connectivity index (χ1) is 8.09. The molecular weight excluding hydrogens is 234 g/mol. The summed E-state index contributed by atoms with van der Waals surface area (Å²) in [5, 5.41) is 4.46. The average Bonchev–Trinajstić information content (AvgIpc) is 2.29. The van der Waals surface area contributed by atoms with Gasteiger partial charge in [-0.15, -0.1) is 0 Å². The topological polar surface area (TPSA) is 21.3 Å². The minimum atomic E-state index is 0.213. The van der Waals surface area contributed by atoms with E-state index >= 15 is 0 Å². The van der Waals surface area contributed by atoms with E-state index in [4.69, 9.17) is 16.3 Å². The summed E-state index contributed by atoms with van der Waals surface area (Å²) in [6, 6.07) is 6.08. The van der Waals surface area contributed by atoms with Crippen molar-refractivity contribution in [1.82, 2.24) is 5.32 Å². The van der Waals surface area contributed by atoms with Gasteiger partial charge in [0.05, 0.1) is 0 Å². The molecule has 1 heterocycles. The normalized spacial score (nSPS) is 19.2. The molecular formula is C14H20ClNO. The number of aryl methyl sites for hydroxylation is 1. The van der Waals surface area contributed by atoms with Gasteiger partial charge in [0.15, 0.2) is 0 Å². The molecule has 1 fully saturated rings. The largest absolute Gasteiger partial charge is 0.381 e. The lowest BCUT2D eigenvalue weighted by atomic mass is 9.92. The molecule has 0 atom stereocenters. The van der Waals surface area contributed by atoms with Crippen molar-refractivity contribution in [2.45, 2.75) is 38.8 Å². The van der Waals surface area contributed by atoms with Crippen LogP contribution in [0.25, 0.3) is 0 Å². The molecule has 0 amide bonds. The van der Waals surface area contributed by atoms with Crippen LogP contribution in [-0.4, -0.2) is 18.8 Å². The van der Waals surface area contributed by atoms with Crippen molar-refractivity contribution in [2.24, 2.45) is 0 Å². The lowest BCUT2D eigenvalue weighted by molar-refractivity contribution is 0.0446. The number of hydrogen-bond acceptors (Lipinski definition) is 2. The van der Waals surface area contributed by atoms with Crippen LogP contribution in [-0.2, 0) is 11.3 Å². The van der Waals surface area contributed by atoms with Crippen molar-refractivity contribution >= 4 is 11.6 Å². The zero-order valence-electron chi connectivity index (χ0n) is 10.6. The summed E-state index contributed by atoms with van der Waals surface area (Å²) < 4.78 is 5.40. The molecule has 94 valence electrons. The summed E-state index contributed by atoms with van der Waals surface area (Å²) in [6.45, 7) is 7.02. The fraction of sp³-hybridized carbons (Fsp3) is 0.571. The minimum Gasteiger partial charge on any atom is -0.381 e. The second kappa shape index (κ2) is 5.38. The van der Waals surface area contributed by atoms with E-state index < -0.39 is 0 Å². The molecule has 0 bridgehead atoms. The Kier molecular flexibility index (Phi) is 4.08. The van der Waals surface area contributed by atoms with Crippen LogP contribution in [0.3, 0.4) is 0 Å². The van der Waals surface area contributed by atoms with E-state index in [1.54, 1.807) is 0 Å². The predicted molar refractivity (Wildman–Crippen MR) is 71.5 cm³/mol. The fourth-order valence-corrected chi connectivity index (χ4v) is 2.39. The Morgan fingerprint density at radius 1 is 1.35 bits per heavy atom. The molecule has 2 nitrogen and oxygen atoms in total. The molecule has 1 aliphatic heterocycles. The molecule has 3 heteroatoms. The van der Waals surface area contributed by atoms with Crippen molar-refractivity contribution in [3.63, 3.8) is 0 Å². The van der Waals surface area contributed by atoms with Crippen LogP contribution in [0.4, 0.5) is 0 Å². The van der Waals surface area contributed by atoms with E-state index in [9.17, 15) is 0 Å². The Morgan fingerprint density at radius 2 is 2.06 bits per heavy atom. The number of rotatable bonds is 3. The van der Waals surface area contributed by atoms with Crippen LogP contribution in [0, 0.1) is 6.92 Å². The average molecular weight is 254 g/mol. The molecule has 1 aromatic carbocycles. The zero-order valence-corrected chi connectivity index (χ0v) is 11.3. The van der Waals surface area contributed by atoms with E-state index in [1.807, 2.05) is 12.1 Å². The molecule has 1 aliphatic rings. The van der Waals surface area contributed by atoms with E-state index in [0.717, 1.165) is 37.6 Å². The van der Waals surface area contributed by atoms with Crippen molar-refractivity contribution in [3.05, 3.63) is 34.3 Å². The molecule has 2 rings (SSSR count). The van der Waals surface area contributed by atoms with Crippen molar-refractivity contribution in [1.29, 1.82) is 0 Å². The molecule has 0 spiro atoms. The highest BCUT2D eigenvalue weighted by Crippen LogP contribution is 2.21. The van der Waals surface area contributed by atoms with Gasteiger partial charge in [0.1, 0.15) is 0 Å². The lowest BCUT2D eigenvalue weighted by Crippen LogP contribution is -2.46. The van der Waals surface area contributed by atoms with Gasteiger partial charge >= 0.3 is 0 Å². The van der Waals surface area contributed by atoms with Gasteiger partial charge < -0.3 is 10.1 Å². The van der Waals surface area contributed by atoms with Crippen LogP contribution in [0.15, 0.2) is 18.2 Å². The second-order valence-corrected chi connectivity index (χ2v) is 5.53. The molecule has 0 saturated carbocycles. The van der Waals surface area contributed by atoms with Crippen LogP contribution in [0.2, 0.25) is 5.02 Å². The number of nitrogens with one attached hydrogen (secondary N) is 1. The molecule has 1 saturated heterocycles. The molecule has 1 aromatic rings. The summed E-state index contributed by atoms with van der Waals surface area (Å²) in [4.78, 5) is 0. The van der Waals surface area contributed by atoms with Crippen LogP contribution < -0.4 is 5.32 Å². The summed E-state index contributed by atoms with van der Waals surface area (Å²) in [6.07, 6.45) is 2.17. The molecule has 0 radical (unpaired) electrons. The van der Waals surface area contributed by atoms with Gasteiger partial charge in [-0.1, -0.05) is 17.7 Å². The van der Waals surface area contributed by atoms with Gasteiger partial charge in [-0.05, 0) is 49.9 Å². The molecule has 0 unspecified atom stereocenters. The smallest absolute Gasteiger partial charge is 0.0483 e. The first-order valence-electron chi connectivity index (χ1n) is 6.17. The van der Waals surface area contributed by atoms with Gasteiger partial charge in [-0.2, -0.15) is 0 Å². The van der Waals surface area contributed by atoms with E-state index in [2.05, 4.69) is 25.2 Å². The quantitative estimate of drug-likeness (QED) is 0.893. The van der Waals surface area contributed by atoms with E-state index in [-0.39, 0.29) is 5.54 Å². The van der Waals surface area contributed by atoms with E-state index in [0.29, 0.717) is 0 Å². The maximum atomic E-state index is 5.96. The number of halogens is 1. The summed E-state index contributed by atoms with van der Waals surface area (Å²) in [7, 11) is 0. The highest BCUT2D eigenvalue weighted by atomic mass is 35.5. The van der Waals surface area contributed by atoms with Gasteiger partial charge in [0.2, 0.25) is 0 Å². The Labute approximate surface area is 108 Å². The third kappa shape index (κ3) is 3.44. The SMILES string of the molecule is Cc1cc(Cl)ccc1CNC1(C)CCOCC1. The molecule has 1 N–H and O–H groups in total. The van der Waals surface area contributed by atoms with Gasteiger partial charge in [0.25, 0.3) is 0 Å². The lowest BCUT2D eigenvalue weighted by Gasteiger charge is -2.35. The minimum absolute atomic E-state index is 0.213. The standard InChI is InChI=1S/C14H20ClNO/c1-11-9-13(15)4-3-12(11)10-16-14(2)5-7-17-8-6-14/h3-4,9,16H,5-8,10H2,1-2H3. The maximum absolute atomic E-state index is 5.96. The van der Waals surface area contributed by atoms with Crippen LogP contribution in [0.1, 0.15) is 30.9 Å². The monoisotopic (exact) mass is 253 g/mol.